The van der Waals surface area contributed by atoms with Crippen molar-refractivity contribution in [1.29, 1.82) is 5.26 Å². The van der Waals surface area contributed by atoms with E-state index < -0.39 is 0 Å². The number of benzene rings is 1. The summed E-state index contributed by atoms with van der Waals surface area (Å²) in [5, 5.41) is 8.86. The molecule has 1 aliphatic rings. The topological polar surface area (TPSA) is 36.7 Å². The molecule has 1 aliphatic carbocycles. The van der Waals surface area contributed by atoms with E-state index in [9.17, 15) is 0 Å². The highest BCUT2D eigenvalue weighted by Gasteiger charge is 2.19. The Bertz CT molecular complexity index is 665. The predicted molar refractivity (Wildman–Crippen MR) is 84.8 cm³/mol. The summed E-state index contributed by atoms with van der Waals surface area (Å²) < 4.78 is 0. The van der Waals surface area contributed by atoms with Gasteiger partial charge in [-0.2, -0.15) is 5.26 Å². The van der Waals surface area contributed by atoms with Crippen molar-refractivity contribution in [1.82, 2.24) is 4.98 Å². The van der Waals surface area contributed by atoms with Crippen LogP contribution in [0.2, 0.25) is 0 Å². The Morgan fingerprint density at radius 2 is 2.00 bits per heavy atom. The molecule has 0 amide bonds. The fourth-order valence-electron chi connectivity index (χ4n) is 3.22. The van der Waals surface area contributed by atoms with Crippen molar-refractivity contribution in [3.63, 3.8) is 0 Å². The Kier molecular flexibility index (Phi) is 4.01. The molecular formula is C19H20N2. The molecule has 0 saturated heterocycles. The van der Waals surface area contributed by atoms with Crippen LogP contribution in [0, 0.1) is 17.2 Å². The van der Waals surface area contributed by atoms with Crippen molar-refractivity contribution in [3.8, 4) is 17.3 Å². The van der Waals surface area contributed by atoms with Crippen LogP contribution in [0.15, 0.2) is 36.4 Å². The molecule has 0 fully saturated rings. The Balaban J connectivity index is 1.85. The van der Waals surface area contributed by atoms with Crippen molar-refractivity contribution >= 4 is 0 Å². The molecule has 2 nitrogen and oxygen atoms in total. The van der Waals surface area contributed by atoms with Gasteiger partial charge in [-0.3, -0.25) is 4.98 Å². The minimum atomic E-state index is 0.694. The second-order valence-electron chi connectivity index (χ2n) is 5.89. The second-order valence-corrected chi connectivity index (χ2v) is 5.89. The maximum Gasteiger partial charge on any atom is 0.0991 e. The smallest absolute Gasteiger partial charge is 0.0991 e. The molecule has 0 aliphatic heterocycles. The normalized spacial score (nSPS) is 17.0. The summed E-state index contributed by atoms with van der Waals surface area (Å²) in [5.41, 5.74) is 5.50. The van der Waals surface area contributed by atoms with Gasteiger partial charge in [0.2, 0.25) is 0 Å². The lowest BCUT2D eigenvalue weighted by Gasteiger charge is -2.24. The minimum Gasteiger partial charge on any atom is -0.253 e. The first-order chi connectivity index (χ1) is 10.3. The fraction of sp³-hybridized carbons (Fsp3) is 0.368. The summed E-state index contributed by atoms with van der Waals surface area (Å²) in [7, 11) is 0. The molecule has 0 N–H and O–H groups in total. The van der Waals surface area contributed by atoms with Crippen molar-refractivity contribution in [2.45, 2.75) is 39.0 Å². The molecule has 0 bridgehead atoms. The molecule has 1 aromatic heterocycles. The second kappa shape index (κ2) is 6.10. The zero-order chi connectivity index (χ0) is 14.7. The summed E-state index contributed by atoms with van der Waals surface area (Å²) in [5.74, 6) is 0.838. The lowest BCUT2D eigenvalue weighted by Crippen LogP contribution is -2.15. The summed E-state index contributed by atoms with van der Waals surface area (Å²) >= 11 is 0. The first kappa shape index (κ1) is 13.8. The molecule has 1 heterocycles. The quantitative estimate of drug-likeness (QED) is 0.826. The van der Waals surface area contributed by atoms with E-state index in [0.717, 1.165) is 23.6 Å². The van der Waals surface area contributed by atoms with Gasteiger partial charge in [-0.15, -0.1) is 0 Å². The molecule has 2 heteroatoms. The van der Waals surface area contributed by atoms with Crippen LogP contribution in [0.4, 0.5) is 0 Å². The number of nitriles is 1. The lowest BCUT2D eigenvalue weighted by atomic mass is 9.84. The number of rotatable bonds is 3. The van der Waals surface area contributed by atoms with E-state index in [-0.39, 0.29) is 0 Å². The van der Waals surface area contributed by atoms with Crippen LogP contribution < -0.4 is 0 Å². The maximum atomic E-state index is 8.86. The Labute approximate surface area is 126 Å². The van der Waals surface area contributed by atoms with Crippen LogP contribution >= 0.6 is 0 Å². The fourth-order valence-corrected chi connectivity index (χ4v) is 3.22. The zero-order valence-electron chi connectivity index (χ0n) is 12.5. The van der Waals surface area contributed by atoms with E-state index in [1.165, 1.54) is 36.9 Å². The minimum absolute atomic E-state index is 0.694. The largest absolute Gasteiger partial charge is 0.253 e. The van der Waals surface area contributed by atoms with E-state index >= 15 is 0 Å². The molecule has 0 spiro atoms. The number of pyridine rings is 1. The summed E-state index contributed by atoms with van der Waals surface area (Å²) in [6, 6.07) is 14.2. The molecule has 21 heavy (non-hydrogen) atoms. The average Bonchev–Trinajstić information content (AvgIpc) is 2.55. The number of aryl methyl sites for hydroxylation is 1. The molecule has 1 atom stereocenters. The zero-order valence-corrected chi connectivity index (χ0v) is 12.5. The van der Waals surface area contributed by atoms with E-state index in [4.69, 9.17) is 10.2 Å². The van der Waals surface area contributed by atoms with Crippen molar-refractivity contribution in [3.05, 3.63) is 53.2 Å². The first-order valence-corrected chi connectivity index (χ1v) is 7.79. The van der Waals surface area contributed by atoms with E-state index in [1.807, 2.05) is 24.3 Å². The molecule has 3 rings (SSSR count). The number of nitrogens with zero attached hydrogens (tertiary/aromatic N) is 2. The van der Waals surface area contributed by atoms with Crippen molar-refractivity contribution in [2.75, 3.05) is 0 Å². The van der Waals surface area contributed by atoms with Gasteiger partial charge in [-0.1, -0.05) is 38.0 Å². The monoisotopic (exact) mass is 276 g/mol. The van der Waals surface area contributed by atoms with E-state index in [2.05, 4.69) is 25.1 Å². The van der Waals surface area contributed by atoms with Gasteiger partial charge < -0.3 is 0 Å². The van der Waals surface area contributed by atoms with Gasteiger partial charge in [0.15, 0.2) is 0 Å². The lowest BCUT2D eigenvalue weighted by molar-refractivity contribution is 0.418. The molecule has 0 saturated carbocycles. The SMILES string of the molecule is CCCC1CCc2nc(-c3ccc(C#N)cc3)ccc2C1. The average molecular weight is 276 g/mol. The molecule has 0 radical (unpaired) electrons. The van der Waals surface area contributed by atoms with Crippen molar-refractivity contribution < 1.29 is 0 Å². The third-order valence-electron chi connectivity index (χ3n) is 4.37. The van der Waals surface area contributed by atoms with Crippen LogP contribution in [0.5, 0.6) is 0 Å². The van der Waals surface area contributed by atoms with Gasteiger partial charge in [0.05, 0.1) is 17.3 Å². The van der Waals surface area contributed by atoms with E-state index in [1.54, 1.807) is 0 Å². The number of aromatic nitrogens is 1. The Morgan fingerprint density at radius 3 is 2.71 bits per heavy atom. The van der Waals surface area contributed by atoms with Gasteiger partial charge in [-0.25, -0.2) is 0 Å². The van der Waals surface area contributed by atoms with Gasteiger partial charge in [-0.05, 0) is 48.9 Å². The molecular weight excluding hydrogens is 256 g/mol. The molecule has 1 aromatic carbocycles. The first-order valence-electron chi connectivity index (χ1n) is 7.79. The highest BCUT2D eigenvalue weighted by molar-refractivity contribution is 5.61. The third-order valence-corrected chi connectivity index (χ3v) is 4.37. The van der Waals surface area contributed by atoms with Crippen LogP contribution in [0.25, 0.3) is 11.3 Å². The third kappa shape index (κ3) is 2.97. The predicted octanol–water partition coefficient (Wildman–Crippen LogP) is 4.53. The number of fused-ring (bicyclic) bond motifs is 1. The van der Waals surface area contributed by atoms with Crippen LogP contribution in [-0.2, 0) is 12.8 Å². The van der Waals surface area contributed by atoms with E-state index in [0.29, 0.717) is 5.56 Å². The molecule has 106 valence electrons. The van der Waals surface area contributed by atoms with Crippen molar-refractivity contribution in [2.24, 2.45) is 5.92 Å². The van der Waals surface area contributed by atoms with Crippen LogP contribution in [-0.4, -0.2) is 4.98 Å². The van der Waals surface area contributed by atoms with Gasteiger partial charge >= 0.3 is 0 Å². The number of hydrogen-bond acceptors (Lipinski definition) is 2. The highest BCUT2D eigenvalue weighted by atomic mass is 14.7. The molecule has 1 unspecified atom stereocenters. The standard InChI is InChI=1S/C19H20N2/c1-2-3-14-6-10-19-17(12-14)9-11-18(21-19)16-7-4-15(13-20)5-8-16/h4-5,7-9,11,14H,2-3,6,10,12H2,1H3. The number of hydrogen-bond donors (Lipinski definition) is 0. The molecule has 2 aromatic rings. The van der Waals surface area contributed by atoms with Gasteiger partial charge in [0, 0.05) is 11.3 Å². The van der Waals surface area contributed by atoms with Crippen LogP contribution in [0.3, 0.4) is 0 Å². The Morgan fingerprint density at radius 1 is 1.19 bits per heavy atom. The summed E-state index contributed by atoms with van der Waals surface area (Å²) in [6.07, 6.45) is 6.16. The Hall–Kier alpha value is -2.14. The van der Waals surface area contributed by atoms with Gasteiger partial charge in [0.25, 0.3) is 0 Å². The maximum absolute atomic E-state index is 8.86. The van der Waals surface area contributed by atoms with Crippen LogP contribution in [0.1, 0.15) is 43.0 Å². The summed E-state index contributed by atoms with van der Waals surface area (Å²) in [4.78, 5) is 4.85. The summed E-state index contributed by atoms with van der Waals surface area (Å²) in [6.45, 7) is 2.27. The van der Waals surface area contributed by atoms with Gasteiger partial charge in [0.1, 0.15) is 0 Å². The highest BCUT2D eigenvalue weighted by Crippen LogP contribution is 2.29.